The molecule has 36 heavy (non-hydrogen) atoms. The Morgan fingerprint density at radius 2 is 1.47 bits per heavy atom. The number of fused-ring (bicyclic) bond motifs is 1. The Labute approximate surface area is 224 Å². The molecule has 0 radical (unpaired) electrons. The second-order valence-corrected chi connectivity index (χ2v) is 11.0. The molecule has 0 saturated carbocycles. The first-order valence-electron chi connectivity index (χ1n) is 11.4. The van der Waals surface area contributed by atoms with Crippen LogP contribution < -0.4 is 5.56 Å². The van der Waals surface area contributed by atoms with Crippen molar-refractivity contribution in [1.82, 2.24) is 19.6 Å². The number of hydrogen-bond donors (Lipinski definition) is 0. The molecule has 0 atom stereocenters. The van der Waals surface area contributed by atoms with Crippen LogP contribution >= 0.6 is 34.8 Å². The van der Waals surface area contributed by atoms with Crippen molar-refractivity contribution in [3.05, 3.63) is 109 Å². The summed E-state index contributed by atoms with van der Waals surface area (Å²) in [5.41, 5.74) is 4.88. The predicted molar refractivity (Wildman–Crippen MR) is 147 cm³/mol. The van der Waals surface area contributed by atoms with E-state index < -0.39 is 0 Å². The third-order valence-corrected chi connectivity index (χ3v) is 6.84. The molecule has 0 bridgehead atoms. The number of hydrogen-bond acceptors (Lipinski definition) is 3. The van der Waals surface area contributed by atoms with Crippen LogP contribution in [0.25, 0.3) is 28.3 Å². The number of benzene rings is 3. The summed E-state index contributed by atoms with van der Waals surface area (Å²) in [4.78, 5) is 13.3. The Kier molecular flexibility index (Phi) is 6.41. The van der Waals surface area contributed by atoms with E-state index in [0.29, 0.717) is 38.6 Å². The molecule has 0 aromatic heterocycles. The minimum Gasteiger partial charge on any atom is -0.265 e. The molecule has 0 N–H and O–H groups in total. The summed E-state index contributed by atoms with van der Waals surface area (Å²) in [6, 6.07) is 22.5. The monoisotopic (exact) mass is 536 g/mol. The van der Waals surface area contributed by atoms with Crippen LogP contribution in [-0.2, 0) is 12.0 Å². The van der Waals surface area contributed by atoms with Gasteiger partial charge in [0.15, 0.2) is 5.69 Å². The lowest BCUT2D eigenvalue weighted by atomic mass is 9.87. The molecule has 2 aliphatic rings. The zero-order chi connectivity index (χ0) is 25.6. The Morgan fingerprint density at radius 1 is 0.806 bits per heavy atom. The average molecular weight is 538 g/mol. The van der Waals surface area contributed by atoms with Gasteiger partial charge in [-0.15, -0.1) is 0 Å². The van der Waals surface area contributed by atoms with E-state index >= 15 is 0 Å². The second kappa shape index (κ2) is 9.40. The van der Waals surface area contributed by atoms with Crippen LogP contribution in [-0.4, -0.2) is 19.6 Å². The molecule has 5 rings (SSSR count). The zero-order valence-electron chi connectivity index (χ0n) is 20.0. The van der Waals surface area contributed by atoms with E-state index in [-0.39, 0.29) is 16.7 Å². The van der Waals surface area contributed by atoms with Crippen molar-refractivity contribution in [3.63, 3.8) is 0 Å². The van der Waals surface area contributed by atoms with Gasteiger partial charge in [0.05, 0.1) is 22.9 Å². The van der Waals surface area contributed by atoms with Gasteiger partial charge in [0, 0.05) is 15.6 Å². The second-order valence-electron chi connectivity index (χ2n) is 9.69. The van der Waals surface area contributed by atoms with Gasteiger partial charge in [0.25, 0.3) is 5.56 Å². The molecule has 3 aromatic carbocycles. The van der Waals surface area contributed by atoms with Crippen LogP contribution in [0.2, 0.25) is 15.1 Å². The van der Waals surface area contributed by atoms with Crippen molar-refractivity contribution in [2.24, 2.45) is 0 Å². The molecule has 2 aliphatic heterocycles. The van der Waals surface area contributed by atoms with Gasteiger partial charge in [-0.3, -0.25) is 4.79 Å². The van der Waals surface area contributed by atoms with E-state index in [1.807, 2.05) is 36.4 Å². The molecular weight excluding hydrogens is 515 g/mol. The smallest absolute Gasteiger partial charge is 0.265 e. The van der Waals surface area contributed by atoms with E-state index in [1.54, 1.807) is 28.9 Å². The maximum absolute atomic E-state index is 13.3. The molecule has 0 spiro atoms. The van der Waals surface area contributed by atoms with Gasteiger partial charge in [-0.25, -0.2) is 9.36 Å². The highest BCUT2D eigenvalue weighted by molar-refractivity contribution is 6.36. The van der Waals surface area contributed by atoms with Crippen molar-refractivity contribution >= 4 is 34.8 Å². The summed E-state index contributed by atoms with van der Waals surface area (Å²) in [6.45, 7) is 6.86. The summed E-state index contributed by atoms with van der Waals surface area (Å²) < 4.78 is 3.13. The minimum absolute atomic E-state index is 0.0567. The minimum atomic E-state index is -0.263. The summed E-state index contributed by atoms with van der Waals surface area (Å²) in [6.07, 6.45) is 0. The molecule has 2 heterocycles. The first-order chi connectivity index (χ1) is 17.1. The first kappa shape index (κ1) is 24.6. The van der Waals surface area contributed by atoms with Gasteiger partial charge >= 0.3 is 0 Å². The Morgan fingerprint density at radius 3 is 2.11 bits per heavy atom. The fourth-order valence-electron chi connectivity index (χ4n) is 4.05. The maximum Gasteiger partial charge on any atom is 0.297 e. The Hall–Kier alpha value is -3.12. The predicted octanol–water partition coefficient (Wildman–Crippen LogP) is 7.51. The van der Waals surface area contributed by atoms with Gasteiger partial charge in [0.2, 0.25) is 0 Å². The van der Waals surface area contributed by atoms with Crippen molar-refractivity contribution in [3.8, 4) is 28.3 Å². The van der Waals surface area contributed by atoms with Gasteiger partial charge in [0.1, 0.15) is 5.69 Å². The quantitative estimate of drug-likeness (QED) is 0.238. The lowest BCUT2D eigenvalue weighted by Crippen LogP contribution is -2.19. The highest BCUT2D eigenvalue weighted by Gasteiger charge is 2.22. The van der Waals surface area contributed by atoms with Gasteiger partial charge < -0.3 is 0 Å². The van der Waals surface area contributed by atoms with Crippen LogP contribution in [0.5, 0.6) is 0 Å². The molecule has 3 aromatic rings. The molecule has 0 saturated heterocycles. The standard InChI is InChI=1S/C28H23Cl3N4O/c1-28(2,3)18-6-4-17(5-7-18)16-34-27(36)26-24(32-34)15-25(22-13-10-20(30)14-23(22)31)35(33-26)21-11-8-19(29)9-12-21/h4-15H,16H2,1-3H3. The summed E-state index contributed by atoms with van der Waals surface area (Å²) >= 11 is 18.8. The molecule has 182 valence electrons. The zero-order valence-corrected chi connectivity index (χ0v) is 22.2. The SMILES string of the molecule is CC(C)(C)c1ccc(Cn2nc3cc(-c4ccc(Cl)cc4Cl)n(-c4ccc(Cl)cc4)nc-3c2=O)cc1. The highest BCUT2D eigenvalue weighted by Crippen LogP contribution is 2.34. The number of halogens is 3. The van der Waals surface area contributed by atoms with E-state index in [4.69, 9.17) is 39.9 Å². The van der Waals surface area contributed by atoms with Gasteiger partial charge in [-0.2, -0.15) is 10.2 Å². The lowest BCUT2D eigenvalue weighted by molar-refractivity contribution is 0.589. The number of nitrogens with zero attached hydrogens (tertiary/aromatic N) is 4. The van der Waals surface area contributed by atoms with Crippen molar-refractivity contribution in [2.75, 3.05) is 0 Å². The fraction of sp³-hybridized carbons (Fsp3) is 0.179. The van der Waals surface area contributed by atoms with Crippen LogP contribution in [0, 0.1) is 0 Å². The largest absolute Gasteiger partial charge is 0.297 e. The Bertz CT molecular complexity index is 1580. The van der Waals surface area contributed by atoms with Crippen molar-refractivity contribution in [2.45, 2.75) is 32.7 Å². The average Bonchev–Trinajstić information content (AvgIpc) is 3.13. The van der Waals surface area contributed by atoms with Crippen LogP contribution in [0.15, 0.2) is 77.6 Å². The number of rotatable bonds is 4. The first-order valence-corrected chi connectivity index (χ1v) is 12.6. The topological polar surface area (TPSA) is 52.7 Å². The summed E-state index contributed by atoms with van der Waals surface area (Å²) in [5, 5.41) is 10.9. The van der Waals surface area contributed by atoms with Crippen LogP contribution in [0.1, 0.15) is 31.9 Å². The molecular formula is C28H23Cl3N4O. The third-order valence-electron chi connectivity index (χ3n) is 6.04. The van der Waals surface area contributed by atoms with E-state index in [9.17, 15) is 4.79 Å². The molecule has 8 heteroatoms. The Balaban J connectivity index is 1.64. The third kappa shape index (κ3) is 4.79. The normalized spacial score (nSPS) is 11.8. The molecule has 0 fully saturated rings. The highest BCUT2D eigenvalue weighted by atomic mass is 35.5. The molecule has 0 amide bonds. The maximum atomic E-state index is 13.3. The van der Waals surface area contributed by atoms with E-state index in [0.717, 1.165) is 11.3 Å². The summed E-state index contributed by atoms with van der Waals surface area (Å²) in [5.74, 6) is 0. The molecule has 0 unspecified atom stereocenters. The van der Waals surface area contributed by atoms with Crippen LogP contribution in [0.4, 0.5) is 0 Å². The van der Waals surface area contributed by atoms with E-state index in [2.05, 4.69) is 38.0 Å². The van der Waals surface area contributed by atoms with Gasteiger partial charge in [-0.1, -0.05) is 79.8 Å². The fourth-order valence-corrected chi connectivity index (χ4v) is 4.68. The molecule has 5 nitrogen and oxygen atoms in total. The number of aromatic nitrogens is 4. The van der Waals surface area contributed by atoms with Crippen LogP contribution in [0.3, 0.4) is 0 Å². The lowest BCUT2D eigenvalue weighted by Gasteiger charge is -2.19. The van der Waals surface area contributed by atoms with Crippen molar-refractivity contribution in [1.29, 1.82) is 0 Å². The van der Waals surface area contributed by atoms with E-state index in [1.165, 1.54) is 10.2 Å². The molecule has 0 aliphatic carbocycles. The van der Waals surface area contributed by atoms with Gasteiger partial charge in [-0.05, 0) is 65.1 Å². The summed E-state index contributed by atoms with van der Waals surface area (Å²) in [7, 11) is 0. The van der Waals surface area contributed by atoms with Crippen molar-refractivity contribution < 1.29 is 0 Å².